The zero-order chi connectivity index (χ0) is 22.9. The molecule has 32 heavy (non-hydrogen) atoms. The lowest BCUT2D eigenvalue weighted by Crippen LogP contribution is -2.45. The summed E-state index contributed by atoms with van der Waals surface area (Å²) in [6.45, 7) is 10.1. The van der Waals surface area contributed by atoms with Gasteiger partial charge in [0.2, 0.25) is 0 Å². The molecule has 0 spiro atoms. The minimum atomic E-state index is -4.31. The third-order valence-electron chi connectivity index (χ3n) is 4.87. The van der Waals surface area contributed by atoms with E-state index in [4.69, 9.17) is 4.74 Å². The highest BCUT2D eigenvalue weighted by Gasteiger charge is 2.30. The molecule has 0 radical (unpaired) electrons. The Morgan fingerprint density at radius 2 is 1.94 bits per heavy atom. The topological polar surface area (TPSA) is 69.1 Å². The third kappa shape index (κ3) is 10.7. The van der Waals surface area contributed by atoms with Crippen molar-refractivity contribution in [2.75, 3.05) is 39.4 Å². The number of nitrogens with zero attached hydrogens (tertiary/aromatic N) is 2. The number of hydrogen-bond donors (Lipinski definition) is 3. The van der Waals surface area contributed by atoms with E-state index in [0.29, 0.717) is 31.6 Å². The second-order valence-electron chi connectivity index (χ2n) is 8.36. The minimum Gasteiger partial charge on any atom is -0.389 e. The van der Waals surface area contributed by atoms with Gasteiger partial charge in [-0.25, -0.2) is 0 Å². The van der Waals surface area contributed by atoms with E-state index in [1.165, 1.54) is 12.1 Å². The van der Waals surface area contributed by atoms with Crippen molar-refractivity contribution >= 4 is 29.9 Å². The number of benzene rings is 1. The molecular weight excluding hydrogens is 536 g/mol. The zero-order valence-corrected chi connectivity index (χ0v) is 21.3. The van der Waals surface area contributed by atoms with Crippen LogP contribution in [0.15, 0.2) is 29.3 Å². The summed E-state index contributed by atoms with van der Waals surface area (Å²) >= 11 is 0. The molecule has 1 aromatic carbocycles. The normalized spacial score (nSPS) is 18.5. The van der Waals surface area contributed by atoms with E-state index >= 15 is 0 Å². The molecule has 2 unspecified atom stereocenters. The summed E-state index contributed by atoms with van der Waals surface area (Å²) < 4.78 is 43.6. The highest BCUT2D eigenvalue weighted by Crippen LogP contribution is 2.29. The van der Waals surface area contributed by atoms with Crippen LogP contribution >= 0.6 is 24.0 Å². The third-order valence-corrected chi connectivity index (χ3v) is 4.87. The first kappa shape index (κ1) is 28.9. The number of aliphatic hydroxyl groups is 1. The molecule has 1 saturated heterocycles. The summed E-state index contributed by atoms with van der Waals surface area (Å²) in [5.74, 6) is 1.06. The van der Waals surface area contributed by atoms with Crippen LogP contribution in [0.1, 0.15) is 38.3 Å². The lowest BCUT2D eigenvalue weighted by Gasteiger charge is -2.19. The summed E-state index contributed by atoms with van der Waals surface area (Å²) in [7, 11) is 0. The summed E-state index contributed by atoms with van der Waals surface area (Å²) in [6, 6.07) is 5.53. The van der Waals surface area contributed by atoms with Crippen LogP contribution in [-0.2, 0) is 17.5 Å². The predicted molar refractivity (Wildman–Crippen MR) is 131 cm³/mol. The van der Waals surface area contributed by atoms with Crippen molar-refractivity contribution in [1.82, 2.24) is 15.5 Å². The van der Waals surface area contributed by atoms with E-state index in [1.807, 2.05) is 6.92 Å². The first-order valence-corrected chi connectivity index (χ1v) is 10.9. The number of rotatable bonds is 10. The second kappa shape index (κ2) is 14.2. The molecule has 2 atom stereocenters. The van der Waals surface area contributed by atoms with Crippen LogP contribution in [0.3, 0.4) is 0 Å². The van der Waals surface area contributed by atoms with Crippen LogP contribution in [0.5, 0.6) is 0 Å². The van der Waals surface area contributed by atoms with Gasteiger partial charge < -0.3 is 20.5 Å². The van der Waals surface area contributed by atoms with E-state index < -0.39 is 17.8 Å². The van der Waals surface area contributed by atoms with E-state index in [2.05, 4.69) is 34.4 Å². The molecule has 0 aliphatic carbocycles. The number of hydrogen-bond acceptors (Lipinski definition) is 4. The molecule has 0 aromatic heterocycles. The van der Waals surface area contributed by atoms with E-state index in [-0.39, 0.29) is 43.2 Å². The molecule has 0 bridgehead atoms. The van der Waals surface area contributed by atoms with Crippen LogP contribution in [0.2, 0.25) is 0 Å². The molecule has 1 aliphatic heterocycles. The van der Waals surface area contributed by atoms with E-state index in [1.54, 1.807) is 0 Å². The fraction of sp³-hybridized carbons (Fsp3) is 0.682. The molecule has 1 aliphatic rings. The maximum absolute atomic E-state index is 12.7. The Hall–Kier alpha value is -1.11. The van der Waals surface area contributed by atoms with E-state index in [9.17, 15) is 18.3 Å². The van der Waals surface area contributed by atoms with Crippen LogP contribution in [0, 0.1) is 5.92 Å². The van der Waals surface area contributed by atoms with Gasteiger partial charge in [-0.3, -0.25) is 9.89 Å². The Morgan fingerprint density at radius 3 is 2.53 bits per heavy atom. The number of nitrogens with one attached hydrogen (secondary N) is 2. The average Bonchev–Trinajstić information content (AvgIpc) is 3.12. The van der Waals surface area contributed by atoms with Gasteiger partial charge in [0.1, 0.15) is 0 Å². The van der Waals surface area contributed by atoms with Gasteiger partial charge in [-0.05, 0) is 37.0 Å². The number of aliphatic imine (C=N–C) groups is 1. The highest BCUT2D eigenvalue weighted by molar-refractivity contribution is 14.0. The molecular formula is C22H36F3IN4O2. The molecule has 10 heteroatoms. The number of guanidine groups is 1. The molecule has 0 saturated carbocycles. The first-order valence-electron chi connectivity index (χ1n) is 10.9. The quantitative estimate of drug-likeness (QED) is 0.228. The monoisotopic (exact) mass is 572 g/mol. The SMILES string of the molecule is CCNC(=NCC(O)COCC(C)C)NC1CCN(Cc2ccc(C(F)(F)F)cc2)C1.I. The Morgan fingerprint density at radius 1 is 1.25 bits per heavy atom. The van der Waals surface area contributed by atoms with Crippen LogP contribution in [0.25, 0.3) is 0 Å². The smallest absolute Gasteiger partial charge is 0.389 e. The maximum atomic E-state index is 12.7. The van der Waals surface area contributed by atoms with Gasteiger partial charge in [0, 0.05) is 38.8 Å². The van der Waals surface area contributed by atoms with Gasteiger partial charge in [-0.15, -0.1) is 24.0 Å². The van der Waals surface area contributed by atoms with Crippen LogP contribution < -0.4 is 10.6 Å². The Labute approximate surface area is 206 Å². The van der Waals surface area contributed by atoms with Crippen molar-refractivity contribution in [1.29, 1.82) is 0 Å². The zero-order valence-electron chi connectivity index (χ0n) is 19.0. The van der Waals surface area contributed by atoms with Crippen molar-refractivity contribution in [3.8, 4) is 0 Å². The van der Waals surface area contributed by atoms with Gasteiger partial charge in [-0.1, -0.05) is 26.0 Å². The molecule has 1 aromatic rings. The predicted octanol–water partition coefficient (Wildman–Crippen LogP) is 3.49. The fourth-order valence-electron chi connectivity index (χ4n) is 3.35. The summed E-state index contributed by atoms with van der Waals surface area (Å²) in [5.41, 5.74) is 0.235. The van der Waals surface area contributed by atoms with Crippen molar-refractivity contribution < 1.29 is 23.0 Å². The summed E-state index contributed by atoms with van der Waals surface area (Å²) in [6.07, 6.45) is -4.06. The Balaban J connectivity index is 0.00000512. The molecule has 6 nitrogen and oxygen atoms in total. The van der Waals surface area contributed by atoms with Crippen molar-refractivity contribution in [2.24, 2.45) is 10.9 Å². The summed E-state index contributed by atoms with van der Waals surface area (Å²) in [5, 5.41) is 16.6. The number of aliphatic hydroxyl groups excluding tert-OH is 1. The van der Waals surface area contributed by atoms with Crippen molar-refractivity contribution in [2.45, 2.75) is 52.1 Å². The van der Waals surface area contributed by atoms with Gasteiger partial charge in [0.15, 0.2) is 5.96 Å². The molecule has 0 amide bonds. The molecule has 184 valence electrons. The largest absolute Gasteiger partial charge is 0.416 e. The van der Waals surface area contributed by atoms with Gasteiger partial charge in [0.25, 0.3) is 0 Å². The molecule has 1 fully saturated rings. The molecule has 2 rings (SSSR count). The summed E-state index contributed by atoms with van der Waals surface area (Å²) in [4.78, 5) is 6.66. The maximum Gasteiger partial charge on any atom is 0.416 e. The lowest BCUT2D eigenvalue weighted by atomic mass is 10.1. The lowest BCUT2D eigenvalue weighted by molar-refractivity contribution is -0.137. The number of halogens is 4. The molecule has 3 N–H and O–H groups in total. The Kier molecular flexibility index (Phi) is 12.8. The van der Waals surface area contributed by atoms with Crippen LogP contribution in [-0.4, -0.2) is 67.5 Å². The highest BCUT2D eigenvalue weighted by atomic mass is 127. The number of likely N-dealkylation sites (tertiary alicyclic amines) is 1. The van der Waals surface area contributed by atoms with Gasteiger partial charge >= 0.3 is 6.18 Å². The van der Waals surface area contributed by atoms with Crippen molar-refractivity contribution in [3.05, 3.63) is 35.4 Å². The van der Waals surface area contributed by atoms with Crippen LogP contribution in [0.4, 0.5) is 13.2 Å². The first-order chi connectivity index (χ1) is 14.7. The average molecular weight is 572 g/mol. The number of ether oxygens (including phenoxy) is 1. The standard InChI is InChI=1S/C22H35F3N4O2.HI/c1-4-26-21(27-11-20(30)15-31-14-16(2)3)28-19-9-10-29(13-19)12-17-5-7-18(8-6-17)22(23,24)25;/h5-8,16,19-20,30H,4,9-15H2,1-3H3,(H2,26,27,28);1H. The number of alkyl halides is 3. The minimum absolute atomic E-state index is 0. The molecule has 1 heterocycles. The van der Waals surface area contributed by atoms with Gasteiger partial charge in [0.05, 0.1) is 24.8 Å². The fourth-order valence-corrected chi connectivity index (χ4v) is 3.35. The van der Waals surface area contributed by atoms with Crippen molar-refractivity contribution in [3.63, 3.8) is 0 Å². The Bertz CT molecular complexity index is 687. The van der Waals surface area contributed by atoms with Gasteiger partial charge in [-0.2, -0.15) is 13.2 Å². The second-order valence-corrected chi connectivity index (χ2v) is 8.36. The van der Waals surface area contributed by atoms with E-state index in [0.717, 1.165) is 37.2 Å².